The third-order valence-electron chi connectivity index (χ3n) is 2.47. The lowest BCUT2D eigenvalue weighted by Crippen LogP contribution is -2.23. The first-order chi connectivity index (χ1) is 7.13. The van der Waals surface area contributed by atoms with E-state index >= 15 is 0 Å². The molecule has 3 heteroatoms. The summed E-state index contributed by atoms with van der Waals surface area (Å²) in [6.07, 6.45) is 1.90. The zero-order chi connectivity index (χ0) is 11.3. The monoisotopic (exact) mass is 225 g/mol. The Bertz CT molecular complexity index is 321. The van der Waals surface area contributed by atoms with Crippen LogP contribution in [0.5, 0.6) is 0 Å². The van der Waals surface area contributed by atoms with Crippen molar-refractivity contribution in [2.45, 2.75) is 19.8 Å². The molecule has 0 atom stereocenters. The van der Waals surface area contributed by atoms with E-state index in [1.54, 1.807) is 7.05 Å². The molecule has 15 heavy (non-hydrogen) atoms. The molecule has 1 rings (SSSR count). The maximum atomic E-state index is 10.8. The lowest BCUT2D eigenvalue weighted by molar-refractivity contribution is 0.232. The van der Waals surface area contributed by atoms with Crippen LogP contribution in [-0.4, -0.2) is 23.9 Å². The Hall–Kier alpha value is -1.02. The fourth-order valence-electron chi connectivity index (χ4n) is 1.33. The van der Waals surface area contributed by atoms with Gasteiger partial charge in [0.1, 0.15) is 0 Å². The maximum Gasteiger partial charge on any atom is 0.316 e. The average molecular weight is 226 g/mol. The molecule has 1 aromatic carbocycles. The minimum Gasteiger partial charge on any atom is -0.332 e. The molecule has 0 aliphatic rings. The first-order valence-electron chi connectivity index (χ1n) is 5.12. The first kappa shape index (κ1) is 12.1. The summed E-state index contributed by atoms with van der Waals surface area (Å²) in [4.78, 5) is 12.3. The highest BCUT2D eigenvalue weighted by Crippen LogP contribution is 2.06. The Labute approximate surface area is 95.8 Å². The van der Waals surface area contributed by atoms with E-state index in [4.69, 9.17) is 11.6 Å². The second-order valence-electron chi connectivity index (χ2n) is 3.59. The number of aryl methyl sites for hydroxylation is 1. The largest absolute Gasteiger partial charge is 0.332 e. The van der Waals surface area contributed by atoms with Crippen LogP contribution in [0.1, 0.15) is 18.1 Å². The molecule has 0 aromatic heterocycles. The number of amides is 1. The topological polar surface area (TPSA) is 20.3 Å². The van der Waals surface area contributed by atoms with Crippen LogP contribution in [0.4, 0.5) is 4.79 Å². The van der Waals surface area contributed by atoms with Gasteiger partial charge in [0.25, 0.3) is 0 Å². The smallest absolute Gasteiger partial charge is 0.316 e. The van der Waals surface area contributed by atoms with Gasteiger partial charge in [0, 0.05) is 13.6 Å². The summed E-state index contributed by atoms with van der Waals surface area (Å²) < 4.78 is 0. The number of carbonyl (C=O) groups excluding carboxylic acids is 1. The predicted molar refractivity (Wildman–Crippen MR) is 63.4 cm³/mol. The molecule has 0 saturated heterocycles. The van der Waals surface area contributed by atoms with Gasteiger partial charge in [-0.15, -0.1) is 0 Å². The van der Waals surface area contributed by atoms with Crippen LogP contribution >= 0.6 is 11.6 Å². The quantitative estimate of drug-likeness (QED) is 0.570. The standard InChI is InChI=1S/C12H16ClNO/c1-3-10-4-6-11(7-5-10)8-9-14(2)12(13)15/h4-7H,3,8-9H2,1-2H3. The molecule has 0 unspecified atom stereocenters. The average Bonchev–Trinajstić information content (AvgIpc) is 2.26. The Morgan fingerprint density at radius 2 is 1.80 bits per heavy atom. The zero-order valence-corrected chi connectivity index (χ0v) is 9.92. The summed E-state index contributed by atoms with van der Waals surface area (Å²) in [6, 6.07) is 8.45. The van der Waals surface area contributed by atoms with Gasteiger partial charge >= 0.3 is 5.37 Å². The van der Waals surface area contributed by atoms with Crippen molar-refractivity contribution in [3.8, 4) is 0 Å². The summed E-state index contributed by atoms with van der Waals surface area (Å²) >= 11 is 5.33. The van der Waals surface area contributed by atoms with E-state index in [2.05, 4.69) is 31.2 Å². The van der Waals surface area contributed by atoms with Gasteiger partial charge in [-0.25, -0.2) is 0 Å². The number of likely N-dealkylation sites (N-methyl/N-ethyl adjacent to an activating group) is 1. The van der Waals surface area contributed by atoms with Crippen LogP contribution < -0.4 is 0 Å². The van der Waals surface area contributed by atoms with Crippen molar-refractivity contribution in [2.24, 2.45) is 0 Å². The molecule has 0 N–H and O–H groups in total. The van der Waals surface area contributed by atoms with Gasteiger partial charge in [-0.1, -0.05) is 31.2 Å². The number of carbonyl (C=O) groups is 1. The van der Waals surface area contributed by atoms with Gasteiger partial charge in [0.15, 0.2) is 0 Å². The Morgan fingerprint density at radius 1 is 1.27 bits per heavy atom. The van der Waals surface area contributed by atoms with Crippen LogP contribution in [0.25, 0.3) is 0 Å². The summed E-state index contributed by atoms with van der Waals surface area (Å²) in [5, 5.41) is -0.403. The van der Waals surface area contributed by atoms with Crippen LogP contribution in [0.3, 0.4) is 0 Å². The van der Waals surface area contributed by atoms with E-state index in [-0.39, 0.29) is 0 Å². The van der Waals surface area contributed by atoms with Crippen molar-refractivity contribution in [1.29, 1.82) is 0 Å². The number of hydrogen-bond acceptors (Lipinski definition) is 1. The minimum absolute atomic E-state index is 0.403. The number of nitrogens with zero attached hydrogens (tertiary/aromatic N) is 1. The fourth-order valence-corrected chi connectivity index (χ4v) is 1.41. The molecule has 0 aliphatic carbocycles. The Morgan fingerprint density at radius 3 is 2.27 bits per heavy atom. The maximum absolute atomic E-state index is 10.8. The van der Waals surface area contributed by atoms with Crippen LogP contribution in [0.2, 0.25) is 0 Å². The molecule has 0 heterocycles. The Balaban J connectivity index is 2.47. The summed E-state index contributed by atoms with van der Waals surface area (Å²) in [7, 11) is 1.70. The summed E-state index contributed by atoms with van der Waals surface area (Å²) in [5.74, 6) is 0. The van der Waals surface area contributed by atoms with E-state index in [0.29, 0.717) is 6.54 Å². The second-order valence-corrected chi connectivity index (χ2v) is 3.92. The van der Waals surface area contributed by atoms with Gasteiger partial charge < -0.3 is 4.90 Å². The third-order valence-corrected chi connectivity index (χ3v) is 2.76. The number of rotatable bonds is 4. The molecular weight excluding hydrogens is 210 g/mol. The normalized spacial score (nSPS) is 10.1. The van der Waals surface area contributed by atoms with Crippen LogP contribution in [0, 0.1) is 0 Å². The van der Waals surface area contributed by atoms with E-state index < -0.39 is 5.37 Å². The van der Waals surface area contributed by atoms with Gasteiger partial charge in [-0.05, 0) is 35.6 Å². The van der Waals surface area contributed by atoms with E-state index in [1.165, 1.54) is 16.0 Å². The van der Waals surface area contributed by atoms with Gasteiger partial charge in [0.05, 0.1) is 0 Å². The van der Waals surface area contributed by atoms with Crippen molar-refractivity contribution < 1.29 is 4.79 Å². The molecule has 1 amide bonds. The van der Waals surface area contributed by atoms with E-state index in [9.17, 15) is 4.79 Å². The summed E-state index contributed by atoms with van der Waals surface area (Å²) in [5.41, 5.74) is 2.57. The van der Waals surface area contributed by atoms with E-state index in [1.807, 2.05) is 0 Å². The van der Waals surface area contributed by atoms with Crippen LogP contribution in [0.15, 0.2) is 24.3 Å². The van der Waals surface area contributed by atoms with E-state index in [0.717, 1.165) is 12.8 Å². The van der Waals surface area contributed by atoms with Gasteiger partial charge in [-0.3, -0.25) is 4.79 Å². The SMILES string of the molecule is CCc1ccc(CCN(C)C(=O)Cl)cc1. The molecule has 0 spiro atoms. The Kier molecular flexibility index (Phi) is 4.63. The molecule has 2 nitrogen and oxygen atoms in total. The third kappa shape index (κ3) is 3.92. The highest BCUT2D eigenvalue weighted by Gasteiger charge is 2.03. The first-order valence-corrected chi connectivity index (χ1v) is 5.49. The molecule has 0 radical (unpaired) electrons. The predicted octanol–water partition coefficient (Wildman–Crippen LogP) is 3.08. The summed E-state index contributed by atoms with van der Waals surface area (Å²) in [6.45, 7) is 2.79. The molecule has 0 bridgehead atoms. The van der Waals surface area contributed by atoms with Gasteiger partial charge in [0.2, 0.25) is 0 Å². The van der Waals surface area contributed by atoms with Crippen molar-refractivity contribution in [3.63, 3.8) is 0 Å². The van der Waals surface area contributed by atoms with Crippen molar-refractivity contribution in [1.82, 2.24) is 4.90 Å². The zero-order valence-electron chi connectivity index (χ0n) is 9.16. The molecule has 0 saturated carbocycles. The van der Waals surface area contributed by atoms with Crippen LogP contribution in [-0.2, 0) is 12.8 Å². The lowest BCUT2D eigenvalue weighted by Gasteiger charge is -2.12. The van der Waals surface area contributed by atoms with Gasteiger partial charge in [-0.2, -0.15) is 0 Å². The fraction of sp³-hybridized carbons (Fsp3) is 0.417. The highest BCUT2D eigenvalue weighted by molar-refractivity contribution is 6.62. The van der Waals surface area contributed by atoms with Crippen molar-refractivity contribution in [2.75, 3.05) is 13.6 Å². The second kappa shape index (κ2) is 5.76. The molecular formula is C12H16ClNO. The number of benzene rings is 1. The molecule has 0 aliphatic heterocycles. The van der Waals surface area contributed by atoms with Crippen molar-refractivity contribution >= 4 is 17.0 Å². The molecule has 1 aromatic rings. The lowest BCUT2D eigenvalue weighted by atomic mass is 10.1. The molecule has 82 valence electrons. The van der Waals surface area contributed by atoms with Crippen molar-refractivity contribution in [3.05, 3.63) is 35.4 Å². The minimum atomic E-state index is -0.403. The molecule has 0 fully saturated rings. The highest BCUT2D eigenvalue weighted by atomic mass is 35.5. The number of halogens is 1. The number of hydrogen-bond donors (Lipinski definition) is 0.